The number of aliphatic hydroxyl groups excluding tert-OH is 1. The minimum absolute atomic E-state index is 0.146. The van der Waals surface area contributed by atoms with E-state index in [1.807, 2.05) is 25.4 Å². The van der Waals surface area contributed by atoms with Gasteiger partial charge in [-0.05, 0) is 43.7 Å². The summed E-state index contributed by atoms with van der Waals surface area (Å²) in [5.41, 5.74) is 1.06. The maximum Gasteiger partial charge on any atom is 0.225 e. The van der Waals surface area contributed by atoms with Crippen molar-refractivity contribution >= 4 is 5.91 Å². The van der Waals surface area contributed by atoms with Crippen LogP contribution in [-0.4, -0.2) is 34.6 Å². The molecule has 0 atom stereocenters. The van der Waals surface area contributed by atoms with Crippen LogP contribution in [0.1, 0.15) is 31.4 Å². The maximum absolute atomic E-state index is 12.3. The second-order valence-corrected chi connectivity index (χ2v) is 5.29. The van der Waals surface area contributed by atoms with E-state index in [1.165, 1.54) is 0 Å². The number of rotatable bonds is 4. The monoisotopic (exact) mass is 250 g/mol. The van der Waals surface area contributed by atoms with Crippen LogP contribution < -0.4 is 0 Å². The summed E-state index contributed by atoms with van der Waals surface area (Å²) in [4.78, 5) is 17.2. The van der Waals surface area contributed by atoms with Crippen LogP contribution in [0.4, 0.5) is 0 Å². The van der Waals surface area contributed by atoms with Gasteiger partial charge >= 0.3 is 0 Å². The van der Waals surface area contributed by atoms with E-state index in [-0.39, 0.29) is 18.4 Å². The van der Waals surface area contributed by atoms with Crippen LogP contribution in [0.15, 0.2) is 18.3 Å². The van der Waals surface area contributed by atoms with Crippen LogP contribution in [0.5, 0.6) is 0 Å². The molecule has 1 aromatic heterocycles. The fraction of sp³-hybridized carbons (Fsp3) is 0.643. The second kappa shape index (κ2) is 6.05. The molecule has 1 amide bonds. The topological polar surface area (TPSA) is 56.3 Å². The second-order valence-electron chi connectivity index (χ2n) is 5.29. The Hall–Kier alpha value is -1.29. The number of carbonyl (C=O) groups is 1. The first-order valence-corrected chi connectivity index (χ1v) is 6.68. The molecule has 0 bridgehead atoms. The lowest BCUT2D eigenvalue weighted by atomic mass is 9.82. The van der Waals surface area contributed by atoms with Crippen LogP contribution in [0.25, 0.3) is 0 Å². The van der Waals surface area contributed by atoms with Gasteiger partial charge in [0.25, 0.3) is 0 Å². The molecule has 1 fully saturated rings. The molecule has 1 heterocycles. The smallest absolute Gasteiger partial charge is 0.225 e. The normalized spacial score (nSPS) is 23.9. The van der Waals surface area contributed by atoms with Crippen LogP contribution in [0.2, 0.25) is 0 Å². The molecule has 0 saturated heterocycles. The van der Waals surface area contributed by atoms with Gasteiger partial charge in [-0.2, -0.15) is 0 Å². The molecule has 100 valence electrons. The van der Waals surface area contributed by atoms with Gasteiger partial charge in [0, 0.05) is 31.5 Å². The highest BCUT2D eigenvalue weighted by molar-refractivity contribution is 5.78. The van der Waals surface area contributed by atoms with Crippen molar-refractivity contribution in [3.63, 3.8) is 0 Å². The quantitative estimate of drug-likeness (QED) is 0.855. The van der Waals surface area contributed by atoms with Gasteiger partial charge in [0.15, 0.2) is 0 Å². The molecule has 4 heteroatoms. The van der Waals surface area contributed by atoms with Gasteiger partial charge < -0.3 is 15.0 Å². The minimum atomic E-state index is 0.146. The molecule has 18 heavy (non-hydrogen) atoms. The molecule has 0 unspecified atom stereocenters. The third-order valence-corrected chi connectivity index (χ3v) is 3.90. The van der Waals surface area contributed by atoms with Gasteiger partial charge in [0.2, 0.25) is 5.91 Å². The number of nitrogens with one attached hydrogen (secondary N) is 1. The highest BCUT2D eigenvalue weighted by atomic mass is 16.3. The zero-order valence-corrected chi connectivity index (χ0v) is 10.9. The fourth-order valence-corrected chi connectivity index (χ4v) is 2.70. The zero-order chi connectivity index (χ0) is 13.0. The highest BCUT2D eigenvalue weighted by Crippen LogP contribution is 2.29. The summed E-state index contributed by atoms with van der Waals surface area (Å²) in [5.74, 6) is 0.788. The van der Waals surface area contributed by atoms with Gasteiger partial charge in [-0.15, -0.1) is 0 Å². The summed E-state index contributed by atoms with van der Waals surface area (Å²) in [6.07, 6.45) is 5.66. The number of aromatic nitrogens is 1. The van der Waals surface area contributed by atoms with Gasteiger partial charge in [-0.1, -0.05) is 0 Å². The number of hydrogen-bond acceptors (Lipinski definition) is 2. The summed E-state index contributed by atoms with van der Waals surface area (Å²) in [6.45, 7) is 0.908. The lowest BCUT2D eigenvalue weighted by molar-refractivity contribution is -0.136. The van der Waals surface area contributed by atoms with E-state index in [4.69, 9.17) is 5.11 Å². The van der Waals surface area contributed by atoms with Crippen molar-refractivity contribution in [3.05, 3.63) is 24.0 Å². The van der Waals surface area contributed by atoms with Crippen molar-refractivity contribution in [2.45, 2.75) is 32.2 Å². The summed E-state index contributed by atoms with van der Waals surface area (Å²) in [5, 5.41) is 9.10. The number of H-pyrrole nitrogens is 1. The molecular formula is C14H22N2O2. The summed E-state index contributed by atoms with van der Waals surface area (Å²) >= 11 is 0. The number of aromatic amines is 1. The Labute approximate surface area is 108 Å². The largest absolute Gasteiger partial charge is 0.396 e. The van der Waals surface area contributed by atoms with Crippen molar-refractivity contribution in [2.24, 2.45) is 11.8 Å². The van der Waals surface area contributed by atoms with E-state index in [9.17, 15) is 4.79 Å². The first kappa shape index (κ1) is 13.1. The lowest BCUT2D eigenvalue weighted by Crippen LogP contribution is -2.35. The number of amides is 1. The molecule has 1 saturated carbocycles. The summed E-state index contributed by atoms with van der Waals surface area (Å²) < 4.78 is 0. The Bertz CT molecular complexity index is 367. The number of nitrogens with zero attached hydrogens (tertiary/aromatic N) is 1. The molecular weight excluding hydrogens is 228 g/mol. The van der Waals surface area contributed by atoms with Crippen molar-refractivity contribution in [1.82, 2.24) is 9.88 Å². The number of aliphatic hydroxyl groups is 1. The first-order valence-electron chi connectivity index (χ1n) is 6.68. The Morgan fingerprint density at radius 2 is 2.17 bits per heavy atom. The molecule has 2 rings (SSSR count). The molecule has 0 radical (unpaired) electrons. The van der Waals surface area contributed by atoms with Crippen LogP contribution in [-0.2, 0) is 11.3 Å². The maximum atomic E-state index is 12.3. The van der Waals surface area contributed by atoms with E-state index >= 15 is 0 Å². The fourth-order valence-electron chi connectivity index (χ4n) is 2.70. The van der Waals surface area contributed by atoms with Crippen molar-refractivity contribution < 1.29 is 9.90 Å². The summed E-state index contributed by atoms with van der Waals surface area (Å²) in [6, 6.07) is 3.94. The summed E-state index contributed by atoms with van der Waals surface area (Å²) in [7, 11) is 1.86. The number of hydrogen-bond donors (Lipinski definition) is 2. The Morgan fingerprint density at radius 1 is 1.44 bits per heavy atom. The predicted octanol–water partition coefficient (Wildman–Crippen LogP) is 1.77. The van der Waals surface area contributed by atoms with E-state index in [1.54, 1.807) is 4.90 Å². The third kappa shape index (κ3) is 3.13. The van der Waals surface area contributed by atoms with Crippen LogP contribution in [0.3, 0.4) is 0 Å². The Morgan fingerprint density at radius 3 is 2.72 bits per heavy atom. The van der Waals surface area contributed by atoms with E-state index in [0.29, 0.717) is 12.5 Å². The van der Waals surface area contributed by atoms with Gasteiger partial charge in [-0.25, -0.2) is 0 Å². The van der Waals surface area contributed by atoms with E-state index < -0.39 is 0 Å². The first-order chi connectivity index (χ1) is 8.70. The minimum Gasteiger partial charge on any atom is -0.396 e. The van der Waals surface area contributed by atoms with Gasteiger partial charge in [-0.3, -0.25) is 4.79 Å². The average molecular weight is 250 g/mol. The standard InChI is InChI=1S/C14H22N2O2/c1-16(9-13-3-2-8-15-13)14(18)12-6-4-11(10-17)5-7-12/h2-3,8,11-12,15,17H,4-7,9-10H2,1H3. The molecule has 4 nitrogen and oxygen atoms in total. The predicted molar refractivity (Wildman–Crippen MR) is 69.8 cm³/mol. The molecule has 1 aliphatic rings. The molecule has 0 aromatic carbocycles. The molecule has 1 aliphatic carbocycles. The molecule has 0 spiro atoms. The van der Waals surface area contributed by atoms with Crippen molar-refractivity contribution in [2.75, 3.05) is 13.7 Å². The number of carbonyl (C=O) groups excluding carboxylic acids is 1. The Balaban J connectivity index is 1.84. The van der Waals surface area contributed by atoms with Crippen LogP contribution in [0, 0.1) is 11.8 Å². The van der Waals surface area contributed by atoms with E-state index in [2.05, 4.69) is 4.98 Å². The highest BCUT2D eigenvalue weighted by Gasteiger charge is 2.27. The lowest BCUT2D eigenvalue weighted by Gasteiger charge is -2.29. The van der Waals surface area contributed by atoms with Crippen molar-refractivity contribution in [3.8, 4) is 0 Å². The molecule has 1 aromatic rings. The van der Waals surface area contributed by atoms with E-state index in [0.717, 1.165) is 31.4 Å². The molecule has 0 aliphatic heterocycles. The van der Waals surface area contributed by atoms with Gasteiger partial charge in [0.05, 0.1) is 6.54 Å². The average Bonchev–Trinajstić information content (AvgIpc) is 2.91. The van der Waals surface area contributed by atoms with Crippen LogP contribution >= 0.6 is 0 Å². The van der Waals surface area contributed by atoms with Gasteiger partial charge in [0.1, 0.15) is 0 Å². The van der Waals surface area contributed by atoms with Crippen molar-refractivity contribution in [1.29, 1.82) is 0 Å². The third-order valence-electron chi connectivity index (χ3n) is 3.90. The molecule has 2 N–H and O–H groups in total. The SMILES string of the molecule is CN(Cc1ccc[nH]1)C(=O)C1CCC(CO)CC1. The Kier molecular flexibility index (Phi) is 4.42. The zero-order valence-electron chi connectivity index (χ0n) is 10.9.